The highest BCUT2D eigenvalue weighted by Gasteiger charge is 2.22. The number of halogens is 1. The van der Waals surface area contributed by atoms with Crippen molar-refractivity contribution < 1.29 is 14.3 Å². The Kier molecular flexibility index (Phi) is 7.61. The Hall–Kier alpha value is -3.51. The lowest BCUT2D eigenvalue weighted by Crippen LogP contribution is -2.48. The normalized spacial score (nSPS) is 13.5. The van der Waals surface area contributed by atoms with Crippen LogP contribution in [-0.4, -0.2) is 49.5 Å². The summed E-state index contributed by atoms with van der Waals surface area (Å²) in [6.45, 7) is 8.61. The second-order valence-electron chi connectivity index (χ2n) is 8.90. The van der Waals surface area contributed by atoms with E-state index >= 15 is 0 Å². The molecule has 0 aromatic heterocycles. The van der Waals surface area contributed by atoms with Gasteiger partial charge in [-0.15, -0.1) is 0 Å². The van der Waals surface area contributed by atoms with Gasteiger partial charge in [0.25, 0.3) is 11.8 Å². The maximum absolute atomic E-state index is 12.7. The van der Waals surface area contributed by atoms with Gasteiger partial charge in [-0.2, -0.15) is 0 Å². The number of nitrogens with one attached hydrogen (secondary N) is 1. The van der Waals surface area contributed by atoms with Gasteiger partial charge in [-0.05, 0) is 80.4 Å². The van der Waals surface area contributed by atoms with E-state index in [9.17, 15) is 9.59 Å². The van der Waals surface area contributed by atoms with Gasteiger partial charge in [0, 0.05) is 48.1 Å². The van der Waals surface area contributed by atoms with Gasteiger partial charge < -0.3 is 19.9 Å². The molecule has 1 aliphatic heterocycles. The minimum Gasteiger partial charge on any atom is -0.484 e. The first-order valence-electron chi connectivity index (χ1n) is 11.7. The fourth-order valence-corrected chi connectivity index (χ4v) is 4.25. The van der Waals surface area contributed by atoms with Crippen molar-refractivity contribution >= 4 is 34.8 Å². The van der Waals surface area contributed by atoms with E-state index in [1.54, 1.807) is 0 Å². The second-order valence-corrected chi connectivity index (χ2v) is 9.28. The van der Waals surface area contributed by atoms with Gasteiger partial charge in [0.05, 0.1) is 0 Å². The Morgan fingerprint density at radius 1 is 0.886 bits per heavy atom. The average Bonchev–Trinajstić information content (AvgIpc) is 2.86. The van der Waals surface area contributed by atoms with E-state index in [-0.39, 0.29) is 18.4 Å². The largest absolute Gasteiger partial charge is 0.484 e. The monoisotopic (exact) mass is 491 g/mol. The van der Waals surface area contributed by atoms with Gasteiger partial charge >= 0.3 is 0 Å². The van der Waals surface area contributed by atoms with Crippen molar-refractivity contribution in [1.82, 2.24) is 4.90 Å². The summed E-state index contributed by atoms with van der Waals surface area (Å²) in [7, 11) is 0. The second kappa shape index (κ2) is 10.8. The van der Waals surface area contributed by atoms with Crippen LogP contribution in [0.2, 0.25) is 5.02 Å². The van der Waals surface area contributed by atoms with E-state index in [4.69, 9.17) is 16.3 Å². The standard InChI is InChI=1S/C28H30ClN3O3/c1-19-4-6-22(7-5-19)28(34)32-14-12-31(13-15-32)24-10-8-23(9-11-24)30-26(33)18-35-25-16-20(2)27(29)21(3)17-25/h4-11,16-17H,12-15,18H2,1-3H3,(H,30,33). The zero-order valence-corrected chi connectivity index (χ0v) is 21.1. The maximum Gasteiger partial charge on any atom is 0.262 e. The summed E-state index contributed by atoms with van der Waals surface area (Å²) in [5.74, 6) is 0.468. The molecule has 0 bridgehead atoms. The zero-order valence-electron chi connectivity index (χ0n) is 20.3. The van der Waals surface area contributed by atoms with Crippen molar-refractivity contribution in [3.8, 4) is 5.75 Å². The summed E-state index contributed by atoms with van der Waals surface area (Å²) in [6, 6.07) is 19.1. The molecule has 0 spiro atoms. The molecule has 0 unspecified atom stereocenters. The summed E-state index contributed by atoms with van der Waals surface area (Å²) in [6.07, 6.45) is 0. The van der Waals surface area contributed by atoms with Crippen molar-refractivity contribution in [3.05, 3.63) is 87.9 Å². The lowest BCUT2D eigenvalue weighted by Gasteiger charge is -2.36. The molecular formula is C28H30ClN3O3. The number of hydrogen-bond acceptors (Lipinski definition) is 4. The highest BCUT2D eigenvalue weighted by Crippen LogP contribution is 2.26. The molecule has 2 amide bonds. The molecule has 0 atom stereocenters. The van der Waals surface area contributed by atoms with Crippen LogP contribution >= 0.6 is 11.6 Å². The molecule has 35 heavy (non-hydrogen) atoms. The zero-order chi connectivity index (χ0) is 24.9. The van der Waals surface area contributed by atoms with E-state index < -0.39 is 0 Å². The highest BCUT2D eigenvalue weighted by molar-refractivity contribution is 6.32. The number of hydrogen-bond donors (Lipinski definition) is 1. The number of piperazine rings is 1. The number of nitrogens with zero attached hydrogens (tertiary/aromatic N) is 2. The summed E-state index contributed by atoms with van der Waals surface area (Å²) in [4.78, 5) is 29.2. The number of carbonyl (C=O) groups excluding carboxylic acids is 2. The van der Waals surface area contributed by atoms with E-state index in [2.05, 4.69) is 10.2 Å². The Balaban J connectivity index is 1.26. The van der Waals surface area contributed by atoms with Crippen LogP contribution in [-0.2, 0) is 4.79 Å². The van der Waals surface area contributed by atoms with Crippen LogP contribution in [0.4, 0.5) is 11.4 Å². The highest BCUT2D eigenvalue weighted by atomic mass is 35.5. The Bertz CT molecular complexity index is 1180. The third kappa shape index (κ3) is 6.14. The third-order valence-corrected chi connectivity index (χ3v) is 6.76. The number of amides is 2. The van der Waals surface area contributed by atoms with E-state index in [1.807, 2.05) is 86.3 Å². The molecule has 0 saturated carbocycles. The molecule has 1 aliphatic rings. The first kappa shape index (κ1) is 24.6. The summed E-state index contributed by atoms with van der Waals surface area (Å²) in [5, 5.41) is 3.58. The molecule has 1 heterocycles. The molecule has 1 fully saturated rings. The lowest BCUT2D eigenvalue weighted by molar-refractivity contribution is -0.118. The first-order chi connectivity index (χ1) is 16.8. The number of rotatable bonds is 6. The van der Waals surface area contributed by atoms with Crippen LogP contribution in [0.1, 0.15) is 27.0 Å². The van der Waals surface area contributed by atoms with Crippen molar-refractivity contribution in [2.75, 3.05) is 43.0 Å². The van der Waals surface area contributed by atoms with E-state index in [0.29, 0.717) is 29.5 Å². The van der Waals surface area contributed by atoms with Crippen LogP contribution in [0.25, 0.3) is 0 Å². The fraction of sp³-hybridized carbons (Fsp3) is 0.286. The predicted molar refractivity (Wildman–Crippen MR) is 141 cm³/mol. The molecule has 3 aromatic rings. The molecule has 4 rings (SSSR count). The average molecular weight is 492 g/mol. The number of ether oxygens (including phenoxy) is 1. The Labute approximate surface area is 211 Å². The van der Waals surface area contributed by atoms with E-state index in [0.717, 1.165) is 41.0 Å². The fourth-order valence-electron chi connectivity index (χ4n) is 4.14. The first-order valence-corrected chi connectivity index (χ1v) is 12.1. The Morgan fingerprint density at radius 3 is 2.09 bits per heavy atom. The van der Waals surface area contributed by atoms with Crippen LogP contribution in [0.3, 0.4) is 0 Å². The molecule has 182 valence electrons. The number of carbonyl (C=O) groups is 2. The van der Waals surface area contributed by atoms with Gasteiger partial charge in [0.15, 0.2) is 6.61 Å². The van der Waals surface area contributed by atoms with Crippen molar-refractivity contribution in [1.29, 1.82) is 0 Å². The van der Waals surface area contributed by atoms with Crippen LogP contribution < -0.4 is 15.0 Å². The summed E-state index contributed by atoms with van der Waals surface area (Å²) < 4.78 is 5.63. The van der Waals surface area contributed by atoms with Crippen LogP contribution in [0, 0.1) is 20.8 Å². The molecule has 1 saturated heterocycles. The molecular weight excluding hydrogens is 462 g/mol. The molecule has 3 aromatic carbocycles. The maximum atomic E-state index is 12.7. The summed E-state index contributed by atoms with van der Waals surface area (Å²) in [5.41, 5.74) is 5.48. The lowest BCUT2D eigenvalue weighted by atomic mass is 10.1. The number of benzene rings is 3. The van der Waals surface area contributed by atoms with Crippen molar-refractivity contribution in [2.24, 2.45) is 0 Å². The van der Waals surface area contributed by atoms with Gasteiger partial charge in [0.1, 0.15) is 5.75 Å². The quantitative estimate of drug-likeness (QED) is 0.512. The van der Waals surface area contributed by atoms with Gasteiger partial charge in [-0.25, -0.2) is 0 Å². The van der Waals surface area contributed by atoms with Gasteiger partial charge in [0.2, 0.25) is 0 Å². The van der Waals surface area contributed by atoms with Crippen LogP contribution in [0.5, 0.6) is 5.75 Å². The van der Waals surface area contributed by atoms with Crippen molar-refractivity contribution in [2.45, 2.75) is 20.8 Å². The minimum absolute atomic E-state index is 0.0776. The number of anilines is 2. The third-order valence-electron chi connectivity index (χ3n) is 6.16. The molecule has 1 N–H and O–H groups in total. The van der Waals surface area contributed by atoms with Gasteiger partial charge in [-0.3, -0.25) is 9.59 Å². The molecule has 0 aliphatic carbocycles. The van der Waals surface area contributed by atoms with Gasteiger partial charge in [-0.1, -0.05) is 29.3 Å². The SMILES string of the molecule is Cc1ccc(C(=O)N2CCN(c3ccc(NC(=O)COc4cc(C)c(Cl)c(C)c4)cc3)CC2)cc1. The smallest absolute Gasteiger partial charge is 0.262 e. The predicted octanol–water partition coefficient (Wildman–Crippen LogP) is 5.25. The Morgan fingerprint density at radius 2 is 1.49 bits per heavy atom. The van der Waals surface area contributed by atoms with Crippen molar-refractivity contribution in [3.63, 3.8) is 0 Å². The number of aryl methyl sites for hydroxylation is 3. The molecule has 7 heteroatoms. The topological polar surface area (TPSA) is 61.9 Å². The molecule has 0 radical (unpaired) electrons. The minimum atomic E-state index is -0.230. The summed E-state index contributed by atoms with van der Waals surface area (Å²) >= 11 is 6.18. The van der Waals surface area contributed by atoms with Crippen LogP contribution in [0.15, 0.2) is 60.7 Å². The molecule has 6 nitrogen and oxygen atoms in total. The van der Waals surface area contributed by atoms with E-state index in [1.165, 1.54) is 0 Å².